The molecule has 4 aromatic rings. The van der Waals surface area contributed by atoms with Gasteiger partial charge < -0.3 is 14.6 Å². The number of fused-ring (bicyclic) bond motifs is 3. The maximum Gasteiger partial charge on any atom is 0.233 e. The van der Waals surface area contributed by atoms with E-state index in [0.29, 0.717) is 29.1 Å². The van der Waals surface area contributed by atoms with Gasteiger partial charge in [0.25, 0.3) is 0 Å². The van der Waals surface area contributed by atoms with Crippen LogP contribution in [0.15, 0.2) is 53.7 Å². The monoisotopic (exact) mass is 419 g/mol. The van der Waals surface area contributed by atoms with Gasteiger partial charge in [0, 0.05) is 23.5 Å². The Morgan fingerprint density at radius 3 is 2.73 bits per heavy atom. The van der Waals surface area contributed by atoms with Crippen molar-refractivity contribution in [3.8, 4) is 5.75 Å². The normalized spacial score (nSPS) is 13.6. The van der Waals surface area contributed by atoms with Gasteiger partial charge in [0.05, 0.1) is 12.9 Å². The van der Waals surface area contributed by atoms with Crippen molar-refractivity contribution in [2.24, 2.45) is 0 Å². The van der Waals surface area contributed by atoms with Gasteiger partial charge in [0.15, 0.2) is 5.65 Å². The van der Waals surface area contributed by atoms with Crippen molar-refractivity contribution in [1.29, 1.82) is 0 Å². The number of thioether (sulfide) groups is 1. The van der Waals surface area contributed by atoms with Crippen LogP contribution in [0.1, 0.15) is 18.4 Å². The number of benzene rings is 2. The van der Waals surface area contributed by atoms with Crippen LogP contribution in [0.2, 0.25) is 0 Å². The van der Waals surface area contributed by atoms with Crippen molar-refractivity contribution in [1.82, 2.24) is 25.1 Å². The molecule has 2 aromatic carbocycles. The van der Waals surface area contributed by atoms with Crippen LogP contribution in [-0.2, 0) is 11.3 Å². The lowest BCUT2D eigenvalue weighted by molar-refractivity contribution is -0.129. The maximum atomic E-state index is 12.9. The second kappa shape index (κ2) is 7.95. The number of methoxy groups -OCH3 is 1. The molecular weight excluding hydrogens is 398 g/mol. The fraction of sp³-hybridized carbons (Fsp3) is 0.273. The fourth-order valence-corrected chi connectivity index (χ4v) is 4.18. The van der Waals surface area contributed by atoms with Gasteiger partial charge in [0.2, 0.25) is 11.1 Å². The number of aromatic amines is 1. The highest BCUT2D eigenvalue weighted by Gasteiger charge is 2.32. The molecule has 1 aliphatic carbocycles. The van der Waals surface area contributed by atoms with Crippen LogP contribution in [0.5, 0.6) is 5.75 Å². The van der Waals surface area contributed by atoms with Gasteiger partial charge in [-0.05, 0) is 36.6 Å². The highest BCUT2D eigenvalue weighted by molar-refractivity contribution is 7.99. The number of carbonyl (C=O) groups excluding carboxylic acids is 1. The predicted octanol–water partition coefficient (Wildman–Crippen LogP) is 3.80. The summed E-state index contributed by atoms with van der Waals surface area (Å²) in [6.07, 6.45) is 2.12. The summed E-state index contributed by atoms with van der Waals surface area (Å²) in [6, 6.07) is 16.1. The molecular formula is C22H21N5O2S. The van der Waals surface area contributed by atoms with Gasteiger partial charge in [-0.15, -0.1) is 10.2 Å². The SMILES string of the molecule is COc1ccc(CN(C(=O)CSc2nnc3c(n2)[nH]c2ccccc23)C2CC2)cc1. The molecule has 0 aliphatic heterocycles. The Labute approximate surface area is 177 Å². The van der Waals surface area contributed by atoms with Crippen molar-refractivity contribution < 1.29 is 9.53 Å². The van der Waals surface area contributed by atoms with Crippen LogP contribution in [0, 0.1) is 0 Å². The molecule has 1 saturated carbocycles. The molecule has 0 spiro atoms. The highest BCUT2D eigenvalue weighted by Crippen LogP contribution is 2.30. The number of nitrogens with one attached hydrogen (secondary N) is 1. The van der Waals surface area contributed by atoms with E-state index < -0.39 is 0 Å². The largest absolute Gasteiger partial charge is 0.497 e. The van der Waals surface area contributed by atoms with Gasteiger partial charge in [-0.2, -0.15) is 0 Å². The molecule has 0 radical (unpaired) electrons. The van der Waals surface area contributed by atoms with E-state index in [-0.39, 0.29) is 5.91 Å². The number of rotatable bonds is 7. The zero-order chi connectivity index (χ0) is 20.5. The lowest BCUT2D eigenvalue weighted by atomic mass is 10.2. The third-order valence-electron chi connectivity index (χ3n) is 5.25. The molecule has 2 aromatic heterocycles. The van der Waals surface area contributed by atoms with Crippen molar-refractivity contribution in [2.75, 3.05) is 12.9 Å². The molecule has 0 saturated heterocycles. The molecule has 0 bridgehead atoms. The van der Waals surface area contributed by atoms with Crippen molar-refractivity contribution in [3.63, 3.8) is 0 Å². The Balaban J connectivity index is 1.28. The summed E-state index contributed by atoms with van der Waals surface area (Å²) in [6.45, 7) is 0.605. The molecule has 1 aliphatic rings. The number of hydrogen-bond donors (Lipinski definition) is 1. The van der Waals surface area contributed by atoms with Gasteiger partial charge >= 0.3 is 0 Å². The van der Waals surface area contributed by atoms with Crippen LogP contribution in [0.3, 0.4) is 0 Å². The van der Waals surface area contributed by atoms with E-state index in [1.165, 1.54) is 11.8 Å². The molecule has 1 fully saturated rings. The summed E-state index contributed by atoms with van der Waals surface area (Å²) < 4.78 is 5.21. The van der Waals surface area contributed by atoms with E-state index in [9.17, 15) is 4.79 Å². The lowest BCUT2D eigenvalue weighted by Gasteiger charge is -2.22. The number of hydrogen-bond acceptors (Lipinski definition) is 6. The first-order valence-electron chi connectivity index (χ1n) is 9.87. The van der Waals surface area contributed by atoms with Crippen molar-refractivity contribution in [2.45, 2.75) is 30.6 Å². The lowest BCUT2D eigenvalue weighted by Crippen LogP contribution is -2.34. The molecule has 1 amide bonds. The number of H-pyrrole nitrogens is 1. The third-order valence-corrected chi connectivity index (χ3v) is 6.07. The second-order valence-corrected chi connectivity index (χ2v) is 8.29. The molecule has 30 heavy (non-hydrogen) atoms. The summed E-state index contributed by atoms with van der Waals surface area (Å²) in [5, 5.41) is 10.0. The van der Waals surface area contributed by atoms with Crippen LogP contribution >= 0.6 is 11.8 Å². The summed E-state index contributed by atoms with van der Waals surface area (Å²) in [5.41, 5.74) is 3.52. The molecule has 0 atom stereocenters. The Kier molecular flexibility index (Phi) is 5.00. The number of carbonyl (C=O) groups is 1. The molecule has 5 rings (SSSR count). The topological polar surface area (TPSA) is 84.0 Å². The Morgan fingerprint density at radius 2 is 1.97 bits per heavy atom. The summed E-state index contributed by atoms with van der Waals surface area (Å²) in [7, 11) is 1.65. The molecule has 8 heteroatoms. The summed E-state index contributed by atoms with van der Waals surface area (Å²) in [4.78, 5) is 22.7. The van der Waals surface area contributed by atoms with E-state index in [1.807, 2.05) is 53.4 Å². The van der Waals surface area contributed by atoms with E-state index in [2.05, 4.69) is 20.2 Å². The van der Waals surface area contributed by atoms with Crippen LogP contribution in [0.25, 0.3) is 22.1 Å². The standard InChI is InChI=1S/C22H21N5O2S/c1-29-16-10-6-14(7-11-16)12-27(15-8-9-15)19(28)13-30-22-24-21-20(25-26-22)17-4-2-3-5-18(17)23-21/h2-7,10-11,15H,8-9,12-13H2,1H3,(H,23,24,26). The van der Waals surface area contributed by atoms with Crippen molar-refractivity contribution >= 4 is 39.7 Å². The van der Waals surface area contributed by atoms with Crippen LogP contribution in [-0.4, -0.2) is 49.9 Å². The zero-order valence-electron chi connectivity index (χ0n) is 16.5. The predicted molar refractivity (Wildman–Crippen MR) is 116 cm³/mol. The highest BCUT2D eigenvalue weighted by atomic mass is 32.2. The summed E-state index contributed by atoms with van der Waals surface area (Å²) in [5.74, 6) is 1.20. The number of para-hydroxylation sites is 1. The smallest absolute Gasteiger partial charge is 0.233 e. The minimum atomic E-state index is 0.0960. The minimum Gasteiger partial charge on any atom is -0.497 e. The molecule has 7 nitrogen and oxygen atoms in total. The number of nitrogens with zero attached hydrogens (tertiary/aromatic N) is 4. The van der Waals surface area contributed by atoms with Gasteiger partial charge in [-0.1, -0.05) is 42.1 Å². The number of aromatic nitrogens is 4. The van der Waals surface area contributed by atoms with Crippen molar-refractivity contribution in [3.05, 3.63) is 54.1 Å². The molecule has 0 unspecified atom stereocenters. The fourth-order valence-electron chi connectivity index (χ4n) is 3.51. The van der Waals surface area contributed by atoms with E-state index >= 15 is 0 Å². The average molecular weight is 420 g/mol. The molecule has 2 heterocycles. The Bertz CT molecular complexity index is 1200. The van der Waals surface area contributed by atoms with E-state index in [4.69, 9.17) is 4.74 Å². The number of ether oxygens (including phenoxy) is 1. The third kappa shape index (κ3) is 3.82. The second-order valence-electron chi connectivity index (χ2n) is 7.35. The summed E-state index contributed by atoms with van der Waals surface area (Å²) >= 11 is 1.33. The van der Waals surface area contributed by atoms with E-state index in [1.54, 1.807) is 7.11 Å². The number of amides is 1. The minimum absolute atomic E-state index is 0.0960. The van der Waals surface area contributed by atoms with E-state index in [0.717, 1.165) is 40.6 Å². The Morgan fingerprint density at radius 1 is 1.17 bits per heavy atom. The quantitative estimate of drug-likeness (QED) is 0.459. The van der Waals surface area contributed by atoms with Crippen LogP contribution < -0.4 is 4.74 Å². The first kappa shape index (κ1) is 18.9. The maximum absolute atomic E-state index is 12.9. The molecule has 1 N–H and O–H groups in total. The van der Waals surface area contributed by atoms with Gasteiger partial charge in [-0.25, -0.2) is 4.98 Å². The first-order chi connectivity index (χ1) is 14.7. The first-order valence-corrected chi connectivity index (χ1v) is 10.9. The van der Waals surface area contributed by atoms with Gasteiger partial charge in [-0.3, -0.25) is 4.79 Å². The van der Waals surface area contributed by atoms with Crippen LogP contribution in [0.4, 0.5) is 0 Å². The average Bonchev–Trinajstić information content (AvgIpc) is 3.56. The Hall–Kier alpha value is -3.13. The zero-order valence-corrected chi connectivity index (χ0v) is 17.4. The van der Waals surface area contributed by atoms with Gasteiger partial charge in [0.1, 0.15) is 11.3 Å². The molecule has 152 valence electrons.